The van der Waals surface area contributed by atoms with Gasteiger partial charge in [0.15, 0.2) is 0 Å². The van der Waals surface area contributed by atoms with Crippen LogP contribution in [0.4, 0.5) is 4.39 Å². The molecule has 0 unspecified atom stereocenters. The fourth-order valence-electron chi connectivity index (χ4n) is 1.61. The topological polar surface area (TPSA) is 90.1 Å². The number of benzene rings is 1. The molecular weight excluding hydrogens is 263 g/mol. The van der Waals surface area contributed by atoms with Gasteiger partial charge in [0.05, 0.1) is 12.6 Å². The molecule has 104 valence electrons. The van der Waals surface area contributed by atoms with Crippen LogP contribution in [0, 0.1) is 12.7 Å². The second-order valence-corrected chi connectivity index (χ2v) is 4.20. The van der Waals surface area contributed by atoms with Crippen LogP contribution in [0.1, 0.15) is 16.8 Å². The van der Waals surface area contributed by atoms with Gasteiger partial charge in [-0.25, -0.2) is 9.82 Å². The maximum absolute atomic E-state index is 12.7. The van der Waals surface area contributed by atoms with Crippen LogP contribution in [-0.4, -0.2) is 22.3 Å². The number of hydrazone groups is 1. The van der Waals surface area contributed by atoms with Gasteiger partial charge < -0.3 is 5.10 Å². The van der Waals surface area contributed by atoms with E-state index in [0.717, 1.165) is 0 Å². The number of amides is 1. The van der Waals surface area contributed by atoms with Crippen LogP contribution in [0.3, 0.4) is 0 Å². The zero-order chi connectivity index (χ0) is 14.5. The molecule has 20 heavy (non-hydrogen) atoms. The average molecular weight is 276 g/mol. The van der Waals surface area contributed by atoms with Crippen LogP contribution < -0.4 is 11.0 Å². The highest BCUT2D eigenvalue weighted by atomic mass is 19.1. The summed E-state index contributed by atoms with van der Waals surface area (Å²) in [6, 6.07) is 5.66. The molecular formula is C13H13FN4O2. The minimum absolute atomic E-state index is 0.0641. The van der Waals surface area contributed by atoms with Gasteiger partial charge in [-0.1, -0.05) is 12.1 Å². The number of H-pyrrole nitrogens is 2. The van der Waals surface area contributed by atoms with Gasteiger partial charge in [0.1, 0.15) is 5.82 Å². The molecule has 0 radical (unpaired) electrons. The normalized spacial score (nSPS) is 10.9. The van der Waals surface area contributed by atoms with E-state index in [1.165, 1.54) is 30.5 Å². The molecule has 2 rings (SSSR count). The number of nitrogens with zero attached hydrogens (tertiary/aromatic N) is 1. The van der Waals surface area contributed by atoms with Crippen molar-refractivity contribution in [3.05, 3.63) is 57.3 Å². The zero-order valence-corrected chi connectivity index (χ0v) is 10.7. The number of aryl methyl sites for hydroxylation is 1. The molecule has 0 aliphatic heterocycles. The van der Waals surface area contributed by atoms with E-state index < -0.39 is 5.91 Å². The Morgan fingerprint density at radius 1 is 1.35 bits per heavy atom. The van der Waals surface area contributed by atoms with E-state index in [1.807, 2.05) is 0 Å². The number of hydrogen-bond acceptors (Lipinski definition) is 3. The van der Waals surface area contributed by atoms with Gasteiger partial charge in [-0.05, 0) is 24.6 Å². The molecule has 0 saturated heterocycles. The summed E-state index contributed by atoms with van der Waals surface area (Å²) in [4.78, 5) is 23.0. The van der Waals surface area contributed by atoms with Crippen molar-refractivity contribution in [3.63, 3.8) is 0 Å². The monoisotopic (exact) mass is 276 g/mol. The molecule has 0 aliphatic carbocycles. The molecule has 1 amide bonds. The summed E-state index contributed by atoms with van der Waals surface area (Å²) in [5.41, 5.74) is 3.64. The number of nitrogens with one attached hydrogen (secondary N) is 3. The third kappa shape index (κ3) is 3.41. The minimum Gasteiger partial charge on any atom is -0.302 e. The molecule has 0 aliphatic rings. The van der Waals surface area contributed by atoms with Crippen LogP contribution in [0.5, 0.6) is 0 Å². The van der Waals surface area contributed by atoms with Gasteiger partial charge in [0.25, 0.3) is 5.56 Å². The first-order chi connectivity index (χ1) is 9.56. The number of hydrogen-bond donors (Lipinski definition) is 3. The molecule has 0 fully saturated rings. The first kappa shape index (κ1) is 13.7. The molecule has 1 aromatic heterocycles. The maximum Gasteiger partial charge on any atom is 0.267 e. The van der Waals surface area contributed by atoms with E-state index >= 15 is 0 Å². The number of aromatic nitrogens is 2. The highest BCUT2D eigenvalue weighted by Gasteiger charge is 2.10. The van der Waals surface area contributed by atoms with Gasteiger partial charge in [-0.2, -0.15) is 5.10 Å². The van der Waals surface area contributed by atoms with E-state index in [2.05, 4.69) is 20.7 Å². The molecule has 0 atom stereocenters. The van der Waals surface area contributed by atoms with Crippen LogP contribution in [0.25, 0.3) is 0 Å². The van der Waals surface area contributed by atoms with E-state index in [1.54, 1.807) is 6.92 Å². The smallest absolute Gasteiger partial charge is 0.267 e. The van der Waals surface area contributed by atoms with Gasteiger partial charge in [0.2, 0.25) is 5.91 Å². The lowest BCUT2D eigenvalue weighted by molar-refractivity contribution is -0.120. The molecule has 7 heteroatoms. The Balaban J connectivity index is 1.92. The summed E-state index contributed by atoms with van der Waals surface area (Å²) in [5.74, 6) is -0.745. The zero-order valence-electron chi connectivity index (χ0n) is 10.7. The molecule has 1 aromatic carbocycles. The van der Waals surface area contributed by atoms with Gasteiger partial charge in [-0.3, -0.25) is 14.7 Å². The fraction of sp³-hybridized carbons (Fsp3) is 0.154. The van der Waals surface area contributed by atoms with Gasteiger partial charge in [-0.15, -0.1) is 0 Å². The van der Waals surface area contributed by atoms with Crippen molar-refractivity contribution >= 4 is 12.1 Å². The van der Waals surface area contributed by atoms with E-state index in [9.17, 15) is 14.0 Å². The summed E-state index contributed by atoms with van der Waals surface area (Å²) in [5, 5.41) is 8.77. The van der Waals surface area contributed by atoms with E-state index in [4.69, 9.17) is 0 Å². The summed E-state index contributed by atoms with van der Waals surface area (Å²) in [6.45, 7) is 1.70. The summed E-state index contributed by atoms with van der Waals surface area (Å²) >= 11 is 0. The predicted octanol–water partition coefficient (Wildman–Crippen LogP) is 0.843. The molecule has 1 heterocycles. The van der Waals surface area contributed by atoms with Crippen molar-refractivity contribution in [2.75, 3.05) is 0 Å². The Kier molecular flexibility index (Phi) is 4.09. The second kappa shape index (κ2) is 5.96. The average Bonchev–Trinajstić information content (AvgIpc) is 2.73. The Hall–Kier alpha value is -2.70. The van der Waals surface area contributed by atoms with E-state index in [-0.39, 0.29) is 17.8 Å². The highest BCUT2D eigenvalue weighted by molar-refractivity contribution is 5.83. The lowest BCUT2D eigenvalue weighted by Crippen LogP contribution is -2.23. The largest absolute Gasteiger partial charge is 0.302 e. The summed E-state index contributed by atoms with van der Waals surface area (Å²) in [7, 11) is 0. The first-order valence-electron chi connectivity index (χ1n) is 5.90. The van der Waals surface area contributed by atoms with Gasteiger partial charge >= 0.3 is 0 Å². The van der Waals surface area contributed by atoms with Crippen LogP contribution >= 0.6 is 0 Å². The second-order valence-electron chi connectivity index (χ2n) is 4.20. The van der Waals surface area contributed by atoms with Crippen molar-refractivity contribution in [1.29, 1.82) is 0 Å². The fourth-order valence-corrected chi connectivity index (χ4v) is 1.61. The summed E-state index contributed by atoms with van der Waals surface area (Å²) in [6.07, 6.45) is 1.33. The van der Waals surface area contributed by atoms with Crippen LogP contribution in [0.15, 0.2) is 34.2 Å². The standard InChI is InChI=1S/C13H13FN4O2/c1-8-11(13(20)18-16-8)6-12(19)17-15-7-9-2-4-10(14)5-3-9/h2-5,7H,6H2,1H3,(H,17,19)(H2,16,18,20). The van der Waals surface area contributed by atoms with Crippen molar-refractivity contribution in [3.8, 4) is 0 Å². The number of rotatable bonds is 4. The lowest BCUT2D eigenvalue weighted by atomic mass is 10.2. The van der Waals surface area contributed by atoms with E-state index in [0.29, 0.717) is 16.8 Å². The Bertz CT molecular complexity index is 685. The number of carbonyl (C=O) groups is 1. The molecule has 2 aromatic rings. The number of aromatic amines is 2. The SMILES string of the molecule is Cc1[nH][nH]c(=O)c1CC(=O)NN=Cc1ccc(F)cc1. The van der Waals surface area contributed by atoms with Crippen molar-refractivity contribution in [1.82, 2.24) is 15.6 Å². The lowest BCUT2D eigenvalue weighted by Gasteiger charge is -1.98. The molecule has 0 saturated carbocycles. The minimum atomic E-state index is -0.406. The van der Waals surface area contributed by atoms with Crippen LogP contribution in [-0.2, 0) is 11.2 Å². The third-order valence-corrected chi connectivity index (χ3v) is 2.70. The number of carbonyl (C=O) groups excluding carboxylic acids is 1. The number of halogens is 1. The highest BCUT2D eigenvalue weighted by Crippen LogP contribution is 2.00. The Morgan fingerprint density at radius 2 is 2.05 bits per heavy atom. The van der Waals surface area contributed by atoms with Crippen molar-refractivity contribution in [2.24, 2.45) is 5.10 Å². The maximum atomic E-state index is 12.7. The molecule has 3 N–H and O–H groups in total. The summed E-state index contributed by atoms with van der Waals surface area (Å²) < 4.78 is 12.7. The predicted molar refractivity (Wildman–Crippen MR) is 72.0 cm³/mol. The van der Waals surface area contributed by atoms with Gasteiger partial charge in [0, 0.05) is 11.3 Å². The third-order valence-electron chi connectivity index (χ3n) is 2.70. The molecule has 6 nitrogen and oxygen atoms in total. The van der Waals surface area contributed by atoms with Crippen LogP contribution in [0.2, 0.25) is 0 Å². The first-order valence-corrected chi connectivity index (χ1v) is 5.90. The van der Waals surface area contributed by atoms with Crippen molar-refractivity contribution < 1.29 is 9.18 Å². The molecule has 0 spiro atoms. The Labute approximate surface area is 113 Å². The van der Waals surface area contributed by atoms with Crippen molar-refractivity contribution in [2.45, 2.75) is 13.3 Å². The molecule has 0 bridgehead atoms. The Morgan fingerprint density at radius 3 is 2.65 bits per heavy atom. The quantitative estimate of drug-likeness (QED) is 0.570.